The maximum atomic E-state index is 14.4. The molecule has 9 heteroatoms. The van der Waals surface area contributed by atoms with Crippen LogP contribution in [0.1, 0.15) is 47.8 Å². The summed E-state index contributed by atoms with van der Waals surface area (Å²) in [4.78, 5) is 13.0. The second kappa shape index (κ2) is 7.90. The van der Waals surface area contributed by atoms with Gasteiger partial charge in [0.2, 0.25) is 0 Å². The third-order valence-electron chi connectivity index (χ3n) is 5.87. The number of nitrogens with two attached hydrogens (primary N) is 1. The molecule has 0 bridgehead atoms. The summed E-state index contributed by atoms with van der Waals surface area (Å²) in [6.45, 7) is 3.78. The van der Waals surface area contributed by atoms with E-state index in [1.54, 1.807) is 6.07 Å². The molecule has 1 aliphatic carbocycles. The van der Waals surface area contributed by atoms with Crippen LogP contribution in [0.3, 0.4) is 0 Å². The minimum absolute atomic E-state index is 0.0663. The second-order valence-electron chi connectivity index (χ2n) is 8.48. The summed E-state index contributed by atoms with van der Waals surface area (Å²) < 4.78 is 34.2. The lowest BCUT2D eigenvalue weighted by Gasteiger charge is -2.41. The van der Waals surface area contributed by atoms with Crippen LogP contribution in [0.2, 0.25) is 0 Å². The lowest BCUT2D eigenvalue weighted by atomic mass is 9.69. The highest BCUT2D eigenvalue weighted by atomic mass is 19.1. The van der Waals surface area contributed by atoms with Crippen LogP contribution < -0.4 is 15.8 Å². The zero-order chi connectivity index (χ0) is 23.2. The van der Waals surface area contributed by atoms with Crippen molar-refractivity contribution in [3.63, 3.8) is 0 Å². The van der Waals surface area contributed by atoms with Gasteiger partial charge in [0.15, 0.2) is 11.6 Å². The number of halogens is 2. The van der Waals surface area contributed by atoms with Gasteiger partial charge in [-0.05, 0) is 47.7 Å². The fourth-order valence-corrected chi connectivity index (χ4v) is 4.39. The molecular formula is C23H24F2N4O3. The number of carbonyl (C=O) groups excluding carboxylic acids is 1. The van der Waals surface area contributed by atoms with Crippen LogP contribution in [0.15, 0.2) is 42.6 Å². The Morgan fingerprint density at radius 3 is 2.59 bits per heavy atom. The first-order valence-corrected chi connectivity index (χ1v) is 10.1. The van der Waals surface area contributed by atoms with Gasteiger partial charge in [0.25, 0.3) is 5.91 Å². The first-order valence-electron chi connectivity index (χ1n) is 10.1. The largest absolute Gasteiger partial charge is 0.493 e. The van der Waals surface area contributed by atoms with Crippen molar-refractivity contribution in [3.8, 4) is 11.4 Å². The third-order valence-corrected chi connectivity index (χ3v) is 5.87. The number of methoxy groups -OCH3 is 1. The summed E-state index contributed by atoms with van der Waals surface area (Å²) in [5.41, 5.74) is 7.33. The molecule has 4 rings (SSSR count). The number of nitrogen functional groups attached to an aromatic ring is 1. The number of hydrogen-bond acceptors (Lipinski definition) is 5. The summed E-state index contributed by atoms with van der Waals surface area (Å²) in [6, 6.07) is 7.52. The van der Waals surface area contributed by atoms with Gasteiger partial charge in [0, 0.05) is 5.56 Å². The van der Waals surface area contributed by atoms with Crippen LogP contribution in [-0.4, -0.2) is 34.0 Å². The van der Waals surface area contributed by atoms with Crippen molar-refractivity contribution in [1.29, 1.82) is 0 Å². The highest BCUT2D eigenvalue weighted by Crippen LogP contribution is 2.47. The van der Waals surface area contributed by atoms with Crippen LogP contribution >= 0.6 is 0 Å². The zero-order valence-corrected chi connectivity index (χ0v) is 17.9. The second-order valence-corrected chi connectivity index (χ2v) is 8.48. The van der Waals surface area contributed by atoms with Gasteiger partial charge in [-0.15, -0.1) is 0 Å². The van der Waals surface area contributed by atoms with Crippen molar-refractivity contribution < 1.29 is 23.4 Å². The first kappa shape index (κ1) is 21.8. The molecule has 2 atom stereocenters. The number of aliphatic hydroxyl groups is 1. The Labute approximate surface area is 183 Å². The van der Waals surface area contributed by atoms with Crippen LogP contribution in [0, 0.1) is 11.6 Å². The Hall–Kier alpha value is -3.46. The number of carbonyl (C=O) groups is 1. The van der Waals surface area contributed by atoms with E-state index in [1.165, 1.54) is 48.3 Å². The smallest absolute Gasteiger partial charge is 0.257 e. The quantitative estimate of drug-likeness (QED) is 0.576. The molecule has 0 fully saturated rings. The Kier molecular flexibility index (Phi) is 5.37. The van der Waals surface area contributed by atoms with Crippen molar-refractivity contribution in [2.24, 2.45) is 0 Å². The fourth-order valence-electron chi connectivity index (χ4n) is 4.39. The van der Waals surface area contributed by atoms with Gasteiger partial charge in [-0.3, -0.25) is 4.79 Å². The molecule has 0 saturated carbocycles. The van der Waals surface area contributed by atoms with E-state index >= 15 is 0 Å². The summed E-state index contributed by atoms with van der Waals surface area (Å²) in [7, 11) is 1.39. The number of fused-ring (bicyclic) bond motifs is 1. The van der Waals surface area contributed by atoms with Gasteiger partial charge < -0.3 is 20.9 Å². The lowest BCUT2D eigenvalue weighted by Crippen LogP contribution is -2.44. The number of anilines is 1. The van der Waals surface area contributed by atoms with Gasteiger partial charge in [-0.25, -0.2) is 13.5 Å². The van der Waals surface area contributed by atoms with Crippen molar-refractivity contribution in [3.05, 3.63) is 70.9 Å². The van der Waals surface area contributed by atoms with Gasteiger partial charge in [0.1, 0.15) is 17.2 Å². The predicted octanol–water partition coefficient (Wildman–Crippen LogP) is 3.25. The Bertz CT molecular complexity index is 1170. The topological polar surface area (TPSA) is 102 Å². The average molecular weight is 442 g/mol. The van der Waals surface area contributed by atoms with E-state index < -0.39 is 35.1 Å². The molecule has 1 aliphatic rings. The van der Waals surface area contributed by atoms with Crippen molar-refractivity contribution in [1.82, 2.24) is 15.1 Å². The van der Waals surface area contributed by atoms with E-state index in [4.69, 9.17) is 10.5 Å². The normalized spacial score (nSPS) is 19.3. The molecule has 0 spiro atoms. The Morgan fingerprint density at radius 2 is 1.94 bits per heavy atom. The van der Waals surface area contributed by atoms with Gasteiger partial charge in [-0.2, -0.15) is 5.10 Å². The molecule has 7 nitrogen and oxygen atoms in total. The van der Waals surface area contributed by atoms with E-state index in [1.807, 2.05) is 13.8 Å². The van der Waals surface area contributed by atoms with Gasteiger partial charge in [-0.1, -0.05) is 19.9 Å². The number of hydrogen-bond donors (Lipinski definition) is 3. The van der Waals surface area contributed by atoms with E-state index in [0.717, 1.165) is 0 Å². The number of ether oxygens (including phenoxy) is 1. The molecule has 1 heterocycles. The standard InChI is InChI=1S/C23H24F2N4O3/c1-23(2)10-17(30)19(14-8-9-16(25)20(32-3)18(14)23)28-22(31)15-11-27-29(21(15)26)13-6-4-12(24)5-7-13/h4-9,11,17,19,30H,10,26H2,1-3H3,(H,28,31). The molecule has 1 amide bonds. The molecule has 3 aromatic rings. The van der Waals surface area contributed by atoms with E-state index in [-0.39, 0.29) is 23.6 Å². The molecule has 2 aromatic carbocycles. The van der Waals surface area contributed by atoms with Crippen LogP contribution in [0.4, 0.5) is 14.6 Å². The monoisotopic (exact) mass is 442 g/mol. The maximum Gasteiger partial charge on any atom is 0.257 e. The van der Waals surface area contributed by atoms with Crippen LogP contribution in [-0.2, 0) is 5.41 Å². The van der Waals surface area contributed by atoms with E-state index in [0.29, 0.717) is 16.8 Å². The van der Waals surface area contributed by atoms with Crippen molar-refractivity contribution in [2.75, 3.05) is 12.8 Å². The molecule has 1 aromatic heterocycles. The number of amides is 1. The molecule has 0 radical (unpaired) electrons. The molecule has 4 N–H and O–H groups in total. The maximum absolute atomic E-state index is 14.4. The number of nitrogens with one attached hydrogen (secondary N) is 1. The lowest BCUT2D eigenvalue weighted by molar-refractivity contribution is 0.0682. The average Bonchev–Trinajstić information content (AvgIpc) is 3.12. The molecule has 2 unspecified atom stereocenters. The highest BCUT2D eigenvalue weighted by Gasteiger charge is 2.42. The van der Waals surface area contributed by atoms with Crippen LogP contribution in [0.25, 0.3) is 5.69 Å². The fraction of sp³-hybridized carbons (Fsp3) is 0.304. The summed E-state index contributed by atoms with van der Waals surface area (Å²) in [5, 5.41) is 17.8. The number of rotatable bonds is 4. The molecule has 0 aliphatic heterocycles. The number of aliphatic hydroxyl groups excluding tert-OH is 1. The molecule has 32 heavy (non-hydrogen) atoms. The SMILES string of the molecule is COc1c(F)ccc2c1C(C)(C)CC(O)C2NC(=O)c1cnn(-c2ccc(F)cc2)c1N. The van der Waals surface area contributed by atoms with Gasteiger partial charge in [0.05, 0.1) is 31.1 Å². The number of aromatic nitrogens is 2. The summed E-state index contributed by atoms with van der Waals surface area (Å²) in [5.74, 6) is -1.30. The molecule has 0 saturated heterocycles. The van der Waals surface area contributed by atoms with Crippen LogP contribution in [0.5, 0.6) is 5.75 Å². The van der Waals surface area contributed by atoms with Gasteiger partial charge >= 0.3 is 0 Å². The predicted molar refractivity (Wildman–Crippen MR) is 115 cm³/mol. The summed E-state index contributed by atoms with van der Waals surface area (Å²) in [6.07, 6.45) is 0.680. The van der Waals surface area contributed by atoms with E-state index in [2.05, 4.69) is 10.4 Å². The van der Waals surface area contributed by atoms with Crippen molar-refractivity contribution >= 4 is 11.7 Å². The van der Waals surface area contributed by atoms with Crippen molar-refractivity contribution in [2.45, 2.75) is 37.8 Å². The third kappa shape index (κ3) is 3.58. The molecule has 168 valence electrons. The number of benzene rings is 2. The first-order chi connectivity index (χ1) is 15.1. The van der Waals surface area contributed by atoms with E-state index in [9.17, 15) is 18.7 Å². The highest BCUT2D eigenvalue weighted by molar-refractivity contribution is 5.98. The minimum atomic E-state index is -0.912. The summed E-state index contributed by atoms with van der Waals surface area (Å²) >= 11 is 0. The Balaban J connectivity index is 1.68. The Morgan fingerprint density at radius 1 is 1.25 bits per heavy atom. The number of nitrogens with zero attached hydrogens (tertiary/aromatic N) is 2. The zero-order valence-electron chi connectivity index (χ0n) is 17.9. The molecular weight excluding hydrogens is 418 g/mol. The minimum Gasteiger partial charge on any atom is -0.493 e.